The quantitative estimate of drug-likeness (QED) is 0.622. The zero-order valence-corrected chi connectivity index (χ0v) is 15.3. The van der Waals surface area contributed by atoms with Gasteiger partial charge in [0.1, 0.15) is 18.0 Å². The summed E-state index contributed by atoms with van der Waals surface area (Å²) in [4.78, 5) is 28.3. The van der Waals surface area contributed by atoms with E-state index < -0.39 is 5.97 Å². The normalized spacial score (nSPS) is 10.7. The Morgan fingerprint density at radius 2 is 2.00 bits per heavy atom. The Bertz CT molecular complexity index is 1030. The minimum Gasteiger partial charge on any atom is -0.480 e. The van der Waals surface area contributed by atoms with Gasteiger partial charge in [-0.05, 0) is 30.7 Å². The number of hydrogen-bond acceptors (Lipinski definition) is 5. The maximum absolute atomic E-state index is 12.1. The van der Waals surface area contributed by atoms with Crippen molar-refractivity contribution in [2.75, 3.05) is 6.61 Å². The average Bonchev–Trinajstić information content (AvgIpc) is 2.61. The van der Waals surface area contributed by atoms with E-state index in [1.165, 1.54) is 16.5 Å². The first-order valence-electron chi connectivity index (χ1n) is 7.65. The molecule has 8 heteroatoms. The maximum atomic E-state index is 12.1. The molecular formula is C18H14Cl2N2O4. The molecule has 3 aromatic rings. The van der Waals surface area contributed by atoms with Crippen LogP contribution >= 0.6 is 23.2 Å². The van der Waals surface area contributed by atoms with Gasteiger partial charge in [0.25, 0.3) is 5.56 Å². The first-order valence-corrected chi connectivity index (χ1v) is 8.40. The number of carbonyl (C=O) groups excluding carboxylic acids is 1. The second-order valence-corrected chi connectivity index (χ2v) is 6.39. The Morgan fingerprint density at radius 1 is 1.19 bits per heavy atom. The van der Waals surface area contributed by atoms with Gasteiger partial charge in [-0.1, -0.05) is 29.3 Å². The number of hydrogen-bond donors (Lipinski definition) is 0. The molecule has 0 bridgehead atoms. The number of aromatic nitrogens is 2. The Labute approximate surface area is 158 Å². The van der Waals surface area contributed by atoms with E-state index in [0.717, 1.165) is 5.56 Å². The summed E-state index contributed by atoms with van der Waals surface area (Å²) < 4.78 is 11.8. The molecule has 0 atom stereocenters. The molecule has 2 aromatic heterocycles. The van der Waals surface area contributed by atoms with E-state index in [9.17, 15) is 9.59 Å². The monoisotopic (exact) mass is 392 g/mol. The number of nitrogens with zero attached hydrogens (tertiary/aromatic N) is 2. The molecule has 0 N–H and O–H groups in total. The number of fused-ring (bicyclic) bond motifs is 1. The number of aryl methyl sites for hydroxylation is 1. The molecule has 0 aliphatic carbocycles. The van der Waals surface area contributed by atoms with Crippen molar-refractivity contribution in [1.29, 1.82) is 0 Å². The predicted octanol–water partition coefficient (Wildman–Crippen LogP) is 3.43. The number of rotatable bonds is 5. The molecule has 0 unspecified atom stereocenters. The second kappa shape index (κ2) is 7.76. The third-order valence-corrected chi connectivity index (χ3v) is 4.03. The topological polar surface area (TPSA) is 69.9 Å². The standard InChI is InChI=1S/C18H14Cl2N2O4/c1-11-2-5-16-21-13(7-17(23)22(16)8-11)9-26-18(24)10-25-15-6-12(19)3-4-14(15)20/h2-8H,9-10H2,1H3. The van der Waals surface area contributed by atoms with E-state index in [0.29, 0.717) is 21.4 Å². The van der Waals surface area contributed by atoms with Crippen LogP contribution in [-0.2, 0) is 16.1 Å². The number of carbonyl (C=O) groups is 1. The highest BCUT2D eigenvalue weighted by atomic mass is 35.5. The third-order valence-electron chi connectivity index (χ3n) is 3.48. The van der Waals surface area contributed by atoms with Crippen LogP contribution in [0.1, 0.15) is 11.3 Å². The molecule has 0 spiro atoms. The summed E-state index contributed by atoms with van der Waals surface area (Å²) in [6.07, 6.45) is 1.70. The fraction of sp³-hybridized carbons (Fsp3) is 0.167. The zero-order valence-electron chi connectivity index (χ0n) is 13.7. The number of pyridine rings is 1. The van der Waals surface area contributed by atoms with Crippen LogP contribution < -0.4 is 10.3 Å². The molecule has 0 saturated carbocycles. The van der Waals surface area contributed by atoms with Crippen molar-refractivity contribution in [2.24, 2.45) is 0 Å². The molecule has 3 rings (SSSR count). The molecule has 0 fully saturated rings. The summed E-state index contributed by atoms with van der Waals surface area (Å²) in [5.41, 5.74) is 1.54. The van der Waals surface area contributed by atoms with E-state index in [2.05, 4.69) is 4.98 Å². The second-order valence-electron chi connectivity index (χ2n) is 5.54. The third kappa shape index (κ3) is 4.33. The van der Waals surface area contributed by atoms with E-state index in [4.69, 9.17) is 32.7 Å². The predicted molar refractivity (Wildman–Crippen MR) is 98.0 cm³/mol. The summed E-state index contributed by atoms with van der Waals surface area (Å²) in [7, 11) is 0. The summed E-state index contributed by atoms with van der Waals surface area (Å²) in [6, 6.07) is 9.59. The number of halogens is 2. The number of esters is 1. The molecule has 134 valence electrons. The highest BCUT2D eigenvalue weighted by Crippen LogP contribution is 2.27. The van der Waals surface area contributed by atoms with Gasteiger partial charge in [-0.2, -0.15) is 0 Å². The van der Waals surface area contributed by atoms with Gasteiger partial charge in [0.2, 0.25) is 0 Å². The van der Waals surface area contributed by atoms with Crippen molar-refractivity contribution in [3.8, 4) is 5.75 Å². The Balaban J connectivity index is 1.62. The zero-order chi connectivity index (χ0) is 18.7. The van der Waals surface area contributed by atoms with Crippen molar-refractivity contribution in [3.05, 3.63) is 74.3 Å². The van der Waals surface area contributed by atoms with Crippen LogP contribution in [0.15, 0.2) is 47.4 Å². The van der Waals surface area contributed by atoms with Crippen LogP contribution in [0.25, 0.3) is 5.65 Å². The maximum Gasteiger partial charge on any atom is 0.344 e. The van der Waals surface area contributed by atoms with Crippen LogP contribution in [0, 0.1) is 6.92 Å². The van der Waals surface area contributed by atoms with Crippen molar-refractivity contribution in [2.45, 2.75) is 13.5 Å². The number of benzene rings is 1. The Hall–Kier alpha value is -2.57. The van der Waals surface area contributed by atoms with Crippen molar-refractivity contribution in [3.63, 3.8) is 0 Å². The highest BCUT2D eigenvalue weighted by molar-refractivity contribution is 6.34. The van der Waals surface area contributed by atoms with Crippen molar-refractivity contribution >= 4 is 34.8 Å². The van der Waals surface area contributed by atoms with E-state index in [-0.39, 0.29) is 24.5 Å². The largest absolute Gasteiger partial charge is 0.480 e. The molecular weight excluding hydrogens is 379 g/mol. The van der Waals surface area contributed by atoms with Gasteiger partial charge in [-0.3, -0.25) is 9.20 Å². The lowest BCUT2D eigenvalue weighted by Gasteiger charge is -2.09. The summed E-state index contributed by atoms with van der Waals surface area (Å²) in [5.74, 6) is -0.333. The first-order chi connectivity index (χ1) is 12.4. The van der Waals surface area contributed by atoms with Gasteiger partial charge < -0.3 is 9.47 Å². The van der Waals surface area contributed by atoms with Gasteiger partial charge >= 0.3 is 5.97 Å². The van der Waals surface area contributed by atoms with Crippen LogP contribution in [0.2, 0.25) is 10.0 Å². The van der Waals surface area contributed by atoms with Gasteiger partial charge in [0, 0.05) is 23.4 Å². The molecule has 1 aromatic carbocycles. The molecule has 0 radical (unpaired) electrons. The smallest absolute Gasteiger partial charge is 0.344 e. The van der Waals surface area contributed by atoms with E-state index in [1.807, 2.05) is 13.0 Å². The molecule has 0 amide bonds. The number of ether oxygens (including phenoxy) is 2. The van der Waals surface area contributed by atoms with Crippen LogP contribution in [0.3, 0.4) is 0 Å². The van der Waals surface area contributed by atoms with E-state index >= 15 is 0 Å². The minimum absolute atomic E-state index is 0.134. The SMILES string of the molecule is Cc1ccc2nc(COC(=O)COc3cc(Cl)ccc3Cl)cc(=O)n2c1. The van der Waals surface area contributed by atoms with Gasteiger partial charge in [-0.15, -0.1) is 0 Å². The summed E-state index contributed by atoms with van der Waals surface area (Å²) >= 11 is 11.8. The fourth-order valence-electron chi connectivity index (χ4n) is 2.25. The minimum atomic E-state index is -0.619. The lowest BCUT2D eigenvalue weighted by atomic mass is 10.3. The fourth-order valence-corrected chi connectivity index (χ4v) is 2.59. The molecule has 2 heterocycles. The van der Waals surface area contributed by atoms with Gasteiger partial charge in [-0.25, -0.2) is 9.78 Å². The average molecular weight is 393 g/mol. The van der Waals surface area contributed by atoms with Crippen molar-refractivity contribution < 1.29 is 14.3 Å². The molecule has 0 aliphatic rings. The highest BCUT2D eigenvalue weighted by Gasteiger charge is 2.10. The Kier molecular flexibility index (Phi) is 5.44. The Morgan fingerprint density at radius 3 is 2.81 bits per heavy atom. The van der Waals surface area contributed by atoms with Crippen LogP contribution in [-0.4, -0.2) is 22.0 Å². The van der Waals surface area contributed by atoms with Gasteiger partial charge in [0.15, 0.2) is 6.61 Å². The molecule has 0 saturated heterocycles. The lowest BCUT2D eigenvalue weighted by Crippen LogP contribution is -2.18. The summed E-state index contributed by atoms with van der Waals surface area (Å²) in [6.45, 7) is 1.41. The molecule has 6 nitrogen and oxygen atoms in total. The molecule has 26 heavy (non-hydrogen) atoms. The lowest BCUT2D eigenvalue weighted by molar-refractivity contribution is -0.147. The van der Waals surface area contributed by atoms with Gasteiger partial charge in [0.05, 0.1) is 10.7 Å². The van der Waals surface area contributed by atoms with Crippen LogP contribution in [0.5, 0.6) is 5.75 Å². The van der Waals surface area contributed by atoms with Crippen LogP contribution in [0.4, 0.5) is 0 Å². The summed E-state index contributed by atoms with van der Waals surface area (Å²) in [5, 5.41) is 0.774. The first kappa shape index (κ1) is 18.2. The molecule has 0 aliphatic heterocycles. The van der Waals surface area contributed by atoms with Crippen molar-refractivity contribution in [1.82, 2.24) is 9.38 Å². The van der Waals surface area contributed by atoms with E-state index in [1.54, 1.807) is 24.4 Å².